The van der Waals surface area contributed by atoms with Crippen molar-refractivity contribution in [1.29, 1.82) is 0 Å². The van der Waals surface area contributed by atoms with Crippen LogP contribution in [-0.2, 0) is 18.3 Å². The number of fused-ring (bicyclic) bond motifs is 1. The fourth-order valence-corrected chi connectivity index (χ4v) is 3.60. The number of rotatable bonds is 3. The number of hydrogen-bond donors (Lipinski definition) is 0. The largest absolute Gasteiger partial charge is 0.368 e. The molecule has 132 valence electrons. The fraction of sp³-hybridized carbons (Fsp3) is 0.500. The van der Waals surface area contributed by atoms with E-state index in [-0.39, 0.29) is 6.10 Å². The highest BCUT2D eigenvalue weighted by Gasteiger charge is 2.26. The molecule has 4 rings (SSSR count). The molecule has 1 aliphatic heterocycles. The smallest absolute Gasteiger partial charge is 0.159 e. The third-order valence-electron chi connectivity index (χ3n) is 4.72. The molecule has 0 bridgehead atoms. The van der Waals surface area contributed by atoms with Crippen LogP contribution in [0.3, 0.4) is 0 Å². The molecule has 25 heavy (non-hydrogen) atoms. The second-order valence-electron chi connectivity index (χ2n) is 6.89. The molecule has 4 heterocycles. The maximum absolute atomic E-state index is 5.97. The molecule has 1 saturated heterocycles. The molecular formula is C18H24N6O. The monoisotopic (exact) mass is 340 g/mol. The zero-order valence-corrected chi connectivity index (χ0v) is 15.2. The van der Waals surface area contributed by atoms with E-state index < -0.39 is 0 Å². The molecule has 0 aromatic carbocycles. The van der Waals surface area contributed by atoms with Gasteiger partial charge in [0.15, 0.2) is 5.65 Å². The van der Waals surface area contributed by atoms with Crippen LogP contribution in [0.25, 0.3) is 5.65 Å². The van der Waals surface area contributed by atoms with Crippen molar-refractivity contribution in [2.45, 2.75) is 33.4 Å². The first-order valence-corrected chi connectivity index (χ1v) is 8.66. The maximum Gasteiger partial charge on any atom is 0.159 e. The molecule has 1 atom stereocenters. The minimum atomic E-state index is 0.00530. The van der Waals surface area contributed by atoms with Crippen LogP contribution < -0.4 is 0 Å². The molecule has 0 saturated carbocycles. The lowest BCUT2D eigenvalue weighted by molar-refractivity contribution is -0.0383. The molecule has 1 unspecified atom stereocenters. The van der Waals surface area contributed by atoms with E-state index in [2.05, 4.69) is 37.5 Å². The second kappa shape index (κ2) is 6.24. The van der Waals surface area contributed by atoms with Gasteiger partial charge in [-0.1, -0.05) is 0 Å². The first-order valence-electron chi connectivity index (χ1n) is 8.66. The lowest BCUT2D eigenvalue weighted by atomic mass is 10.2. The molecule has 3 aromatic heterocycles. The van der Waals surface area contributed by atoms with Crippen LogP contribution in [0.1, 0.15) is 34.6 Å². The summed E-state index contributed by atoms with van der Waals surface area (Å²) >= 11 is 0. The van der Waals surface area contributed by atoms with Gasteiger partial charge >= 0.3 is 0 Å². The fourth-order valence-electron chi connectivity index (χ4n) is 3.60. The zero-order chi connectivity index (χ0) is 17.6. The van der Waals surface area contributed by atoms with Gasteiger partial charge in [0.05, 0.1) is 18.5 Å². The average Bonchev–Trinajstić information content (AvgIpc) is 3.11. The minimum absolute atomic E-state index is 0.00530. The summed E-state index contributed by atoms with van der Waals surface area (Å²) in [7, 11) is 2.03. The molecule has 7 nitrogen and oxygen atoms in total. The number of aryl methyl sites for hydroxylation is 4. The van der Waals surface area contributed by atoms with Crippen molar-refractivity contribution < 1.29 is 4.74 Å². The van der Waals surface area contributed by atoms with E-state index in [1.54, 1.807) is 0 Å². The summed E-state index contributed by atoms with van der Waals surface area (Å²) in [5.41, 5.74) is 5.26. The van der Waals surface area contributed by atoms with Crippen LogP contribution in [0.15, 0.2) is 18.5 Å². The van der Waals surface area contributed by atoms with Gasteiger partial charge in [-0.2, -0.15) is 5.10 Å². The highest BCUT2D eigenvalue weighted by molar-refractivity contribution is 5.47. The number of hydrogen-bond acceptors (Lipinski definition) is 5. The Balaban J connectivity index is 1.56. The first kappa shape index (κ1) is 16.2. The van der Waals surface area contributed by atoms with Gasteiger partial charge in [0, 0.05) is 49.8 Å². The number of imidazole rings is 1. The van der Waals surface area contributed by atoms with E-state index in [0.717, 1.165) is 53.8 Å². The summed E-state index contributed by atoms with van der Waals surface area (Å²) in [6, 6.07) is 2.05. The lowest BCUT2D eigenvalue weighted by Crippen LogP contribution is -2.38. The van der Waals surface area contributed by atoms with Gasteiger partial charge in [-0.05, 0) is 26.8 Å². The van der Waals surface area contributed by atoms with Crippen LogP contribution in [0.5, 0.6) is 0 Å². The van der Waals surface area contributed by atoms with E-state index in [1.807, 2.05) is 37.8 Å². The molecule has 0 radical (unpaired) electrons. The quantitative estimate of drug-likeness (QED) is 0.729. The molecule has 0 aliphatic carbocycles. The molecule has 7 heteroatoms. The van der Waals surface area contributed by atoms with Gasteiger partial charge in [-0.15, -0.1) is 0 Å². The summed E-state index contributed by atoms with van der Waals surface area (Å²) < 4.78 is 9.95. The van der Waals surface area contributed by atoms with E-state index in [9.17, 15) is 0 Å². The van der Waals surface area contributed by atoms with Gasteiger partial charge in [0.25, 0.3) is 0 Å². The van der Waals surface area contributed by atoms with Crippen LogP contribution in [0, 0.1) is 20.8 Å². The van der Waals surface area contributed by atoms with Crippen LogP contribution in [-0.4, -0.2) is 48.7 Å². The number of ether oxygens (including phenoxy) is 1. The van der Waals surface area contributed by atoms with Crippen molar-refractivity contribution >= 4 is 5.65 Å². The highest BCUT2D eigenvalue weighted by atomic mass is 16.5. The van der Waals surface area contributed by atoms with Gasteiger partial charge in [0.2, 0.25) is 0 Å². The Bertz CT molecular complexity index is 912. The van der Waals surface area contributed by atoms with E-state index >= 15 is 0 Å². The van der Waals surface area contributed by atoms with Gasteiger partial charge in [-0.3, -0.25) is 4.90 Å². The van der Waals surface area contributed by atoms with Crippen molar-refractivity contribution in [2.24, 2.45) is 7.05 Å². The molecular weight excluding hydrogens is 316 g/mol. The Kier molecular flexibility index (Phi) is 4.05. The van der Waals surface area contributed by atoms with Crippen molar-refractivity contribution in [2.75, 3.05) is 19.7 Å². The summed E-state index contributed by atoms with van der Waals surface area (Å²) in [6.45, 7) is 9.36. The molecule has 0 N–H and O–H groups in total. The third-order valence-corrected chi connectivity index (χ3v) is 4.72. The topological polar surface area (TPSA) is 60.5 Å². The van der Waals surface area contributed by atoms with Gasteiger partial charge in [-0.25, -0.2) is 14.5 Å². The Hall–Kier alpha value is -2.25. The molecule has 0 amide bonds. The zero-order valence-electron chi connectivity index (χ0n) is 15.2. The Labute approximate surface area is 147 Å². The average molecular weight is 340 g/mol. The molecule has 1 aliphatic rings. The standard InChI is InChI=1S/C18H24N6O/c1-12-7-14(3)24-17(20-12)15(8-19-24)10-23-5-6-25-16(11-23)18-21-13(2)9-22(18)4/h7-9,16H,5-6,10-11H2,1-4H3. The molecule has 3 aromatic rings. The summed E-state index contributed by atoms with van der Waals surface area (Å²) in [5, 5.41) is 4.50. The third kappa shape index (κ3) is 3.05. The van der Waals surface area contributed by atoms with Crippen molar-refractivity contribution in [3.05, 3.63) is 46.9 Å². The van der Waals surface area contributed by atoms with E-state index in [4.69, 9.17) is 4.74 Å². The molecule has 1 fully saturated rings. The first-order chi connectivity index (χ1) is 12.0. The number of nitrogens with zero attached hydrogens (tertiary/aromatic N) is 6. The summed E-state index contributed by atoms with van der Waals surface area (Å²) in [4.78, 5) is 11.7. The Morgan fingerprint density at radius 2 is 2.04 bits per heavy atom. The SMILES string of the molecule is Cc1cn(C)c(C2CN(Cc3cnn4c(C)cc(C)nc34)CCO2)n1. The maximum atomic E-state index is 5.97. The Morgan fingerprint density at radius 1 is 1.20 bits per heavy atom. The number of morpholine rings is 1. The second-order valence-corrected chi connectivity index (χ2v) is 6.89. The van der Waals surface area contributed by atoms with Crippen LogP contribution >= 0.6 is 0 Å². The minimum Gasteiger partial charge on any atom is -0.368 e. The number of aromatic nitrogens is 5. The van der Waals surface area contributed by atoms with E-state index in [0.29, 0.717) is 6.61 Å². The normalized spacial score (nSPS) is 19.0. The highest BCUT2D eigenvalue weighted by Crippen LogP contribution is 2.23. The summed E-state index contributed by atoms with van der Waals surface area (Å²) in [6.07, 6.45) is 3.98. The van der Waals surface area contributed by atoms with Gasteiger partial charge < -0.3 is 9.30 Å². The Morgan fingerprint density at radius 3 is 2.80 bits per heavy atom. The lowest BCUT2D eigenvalue weighted by Gasteiger charge is -2.32. The van der Waals surface area contributed by atoms with E-state index in [1.165, 1.54) is 0 Å². The van der Waals surface area contributed by atoms with Crippen molar-refractivity contribution in [1.82, 2.24) is 29.0 Å². The van der Waals surface area contributed by atoms with Crippen molar-refractivity contribution in [3.8, 4) is 0 Å². The van der Waals surface area contributed by atoms with Crippen molar-refractivity contribution in [3.63, 3.8) is 0 Å². The van der Waals surface area contributed by atoms with Gasteiger partial charge in [0.1, 0.15) is 11.9 Å². The molecule has 0 spiro atoms. The predicted molar refractivity (Wildman–Crippen MR) is 94.4 cm³/mol. The summed E-state index contributed by atoms with van der Waals surface area (Å²) in [5.74, 6) is 0.992. The van der Waals surface area contributed by atoms with Crippen LogP contribution in [0.2, 0.25) is 0 Å². The predicted octanol–water partition coefficient (Wildman–Crippen LogP) is 1.96. The van der Waals surface area contributed by atoms with Crippen LogP contribution in [0.4, 0.5) is 0 Å².